The third-order valence-electron chi connectivity index (χ3n) is 4.13. The van der Waals surface area contributed by atoms with Crippen molar-refractivity contribution in [1.29, 1.82) is 5.26 Å². The Morgan fingerprint density at radius 2 is 1.97 bits per heavy atom. The summed E-state index contributed by atoms with van der Waals surface area (Å²) < 4.78 is 5.04. The van der Waals surface area contributed by atoms with Crippen LogP contribution in [-0.4, -0.2) is 23.8 Å². The van der Waals surface area contributed by atoms with Crippen molar-refractivity contribution in [3.63, 3.8) is 0 Å². The molecule has 146 valence electrons. The summed E-state index contributed by atoms with van der Waals surface area (Å²) in [4.78, 5) is 16.3. The highest BCUT2D eigenvalue weighted by molar-refractivity contribution is 5.91. The Morgan fingerprint density at radius 1 is 1.14 bits per heavy atom. The number of rotatable bonds is 7. The molecule has 7 nitrogen and oxygen atoms in total. The van der Waals surface area contributed by atoms with Crippen molar-refractivity contribution >= 4 is 17.5 Å². The molecule has 29 heavy (non-hydrogen) atoms. The molecule has 1 aromatic heterocycles. The van der Waals surface area contributed by atoms with Crippen molar-refractivity contribution in [3.8, 4) is 17.2 Å². The number of nitriles is 1. The molecule has 0 amide bonds. The molecule has 2 aromatic carbocycles. The monoisotopic (exact) mass is 387 g/mol. The summed E-state index contributed by atoms with van der Waals surface area (Å²) >= 11 is 0. The van der Waals surface area contributed by atoms with E-state index in [9.17, 15) is 4.79 Å². The third-order valence-corrected chi connectivity index (χ3v) is 4.13. The molecule has 3 aromatic rings. The first-order chi connectivity index (χ1) is 14.1. The zero-order valence-electron chi connectivity index (χ0n) is 15.9. The quantitative estimate of drug-likeness (QED) is 0.419. The summed E-state index contributed by atoms with van der Waals surface area (Å²) in [5.74, 6) is 0.222. The van der Waals surface area contributed by atoms with Crippen molar-refractivity contribution in [1.82, 2.24) is 4.98 Å². The highest BCUT2D eigenvalue weighted by Gasteiger charge is 2.09. The molecule has 4 N–H and O–H groups in total. The van der Waals surface area contributed by atoms with E-state index in [-0.39, 0.29) is 5.97 Å². The first-order valence-corrected chi connectivity index (χ1v) is 9.12. The van der Waals surface area contributed by atoms with Crippen molar-refractivity contribution in [3.05, 3.63) is 78.0 Å². The number of benzene rings is 2. The Morgan fingerprint density at radius 3 is 2.69 bits per heavy atom. The number of pyridine rings is 1. The van der Waals surface area contributed by atoms with Crippen LogP contribution in [0.1, 0.15) is 22.8 Å². The second-order valence-electron chi connectivity index (χ2n) is 6.16. The first kappa shape index (κ1) is 19.9. The number of hydrogen-bond donors (Lipinski definition) is 3. The number of nitrogens with two attached hydrogens (primary N) is 1. The van der Waals surface area contributed by atoms with Gasteiger partial charge in [-0.15, -0.1) is 0 Å². The smallest absolute Gasteiger partial charge is 0.338 e. The van der Waals surface area contributed by atoms with Gasteiger partial charge >= 0.3 is 5.97 Å². The SMILES string of the molecule is CCOC(=O)c1cccc(-c2ccc(NC(N)Nc3ccccc3C#N)nc2)c1. The number of nitrogens with zero attached hydrogens (tertiary/aromatic N) is 2. The largest absolute Gasteiger partial charge is 0.462 e. The van der Waals surface area contributed by atoms with Gasteiger partial charge < -0.3 is 15.4 Å². The van der Waals surface area contributed by atoms with E-state index >= 15 is 0 Å². The Kier molecular flexibility index (Phi) is 6.40. The molecule has 7 heteroatoms. The van der Waals surface area contributed by atoms with E-state index in [0.29, 0.717) is 29.2 Å². The van der Waals surface area contributed by atoms with Gasteiger partial charge in [0, 0.05) is 11.8 Å². The van der Waals surface area contributed by atoms with Gasteiger partial charge in [-0.25, -0.2) is 9.78 Å². The summed E-state index contributed by atoms with van der Waals surface area (Å²) in [6.07, 6.45) is 1.07. The molecule has 1 heterocycles. The lowest BCUT2D eigenvalue weighted by Gasteiger charge is -2.18. The molecular weight excluding hydrogens is 366 g/mol. The van der Waals surface area contributed by atoms with Gasteiger partial charge in [-0.05, 0) is 48.9 Å². The second kappa shape index (κ2) is 9.35. The van der Waals surface area contributed by atoms with Crippen molar-refractivity contribution in [2.75, 3.05) is 17.2 Å². The molecule has 1 unspecified atom stereocenters. The molecular formula is C22H21N5O2. The Bertz CT molecular complexity index is 1030. The minimum Gasteiger partial charge on any atom is -0.462 e. The number of ether oxygens (including phenoxy) is 1. The number of hydrogen-bond acceptors (Lipinski definition) is 7. The Labute approximate surface area is 169 Å². The Balaban J connectivity index is 1.68. The fraction of sp³-hybridized carbons (Fsp3) is 0.136. The van der Waals surface area contributed by atoms with E-state index in [2.05, 4.69) is 21.7 Å². The molecule has 0 radical (unpaired) electrons. The first-order valence-electron chi connectivity index (χ1n) is 9.12. The fourth-order valence-corrected chi connectivity index (χ4v) is 2.76. The van der Waals surface area contributed by atoms with Gasteiger partial charge in [0.15, 0.2) is 6.29 Å². The highest BCUT2D eigenvalue weighted by Crippen LogP contribution is 2.21. The van der Waals surface area contributed by atoms with Crippen LogP contribution >= 0.6 is 0 Å². The van der Waals surface area contributed by atoms with Gasteiger partial charge in [-0.3, -0.25) is 5.73 Å². The molecule has 0 spiro atoms. The lowest BCUT2D eigenvalue weighted by atomic mass is 10.0. The number of esters is 1. The maximum absolute atomic E-state index is 11.9. The number of carbonyl (C=O) groups excluding carboxylic acids is 1. The van der Waals surface area contributed by atoms with E-state index < -0.39 is 6.29 Å². The van der Waals surface area contributed by atoms with Gasteiger partial charge in [0.05, 0.1) is 23.4 Å². The van der Waals surface area contributed by atoms with Gasteiger partial charge in [-0.1, -0.05) is 24.3 Å². The lowest BCUT2D eigenvalue weighted by molar-refractivity contribution is 0.0526. The fourth-order valence-electron chi connectivity index (χ4n) is 2.76. The molecule has 3 rings (SSSR count). The molecule has 0 aliphatic carbocycles. The second-order valence-corrected chi connectivity index (χ2v) is 6.16. The van der Waals surface area contributed by atoms with Gasteiger partial charge in [0.1, 0.15) is 11.9 Å². The van der Waals surface area contributed by atoms with Crippen LogP contribution in [0.25, 0.3) is 11.1 Å². The molecule has 0 fully saturated rings. The van der Waals surface area contributed by atoms with Crippen LogP contribution in [0.3, 0.4) is 0 Å². The predicted octanol–water partition coefficient (Wildman–Crippen LogP) is 3.56. The van der Waals surface area contributed by atoms with Crippen LogP contribution in [0.15, 0.2) is 66.9 Å². The molecule has 0 aliphatic heterocycles. The number of nitrogens with one attached hydrogen (secondary N) is 2. The molecule has 0 aliphatic rings. The number of carbonyl (C=O) groups is 1. The van der Waals surface area contributed by atoms with E-state index in [1.54, 1.807) is 55.6 Å². The average Bonchev–Trinajstić information content (AvgIpc) is 2.75. The zero-order chi connectivity index (χ0) is 20.6. The minimum absolute atomic E-state index is 0.331. The van der Waals surface area contributed by atoms with E-state index in [0.717, 1.165) is 11.1 Å². The normalized spacial score (nSPS) is 11.2. The summed E-state index contributed by atoms with van der Waals surface area (Å²) in [5, 5.41) is 15.2. The van der Waals surface area contributed by atoms with Gasteiger partial charge in [-0.2, -0.15) is 5.26 Å². The van der Waals surface area contributed by atoms with Crippen LogP contribution in [0.2, 0.25) is 0 Å². The van der Waals surface area contributed by atoms with Crippen LogP contribution in [0.5, 0.6) is 0 Å². The van der Waals surface area contributed by atoms with Crippen molar-refractivity contribution in [2.45, 2.75) is 13.2 Å². The molecule has 1 atom stereocenters. The van der Waals surface area contributed by atoms with Crippen LogP contribution in [0.4, 0.5) is 11.5 Å². The van der Waals surface area contributed by atoms with Gasteiger partial charge in [0.25, 0.3) is 0 Å². The lowest BCUT2D eigenvalue weighted by Crippen LogP contribution is -2.38. The molecule has 0 saturated heterocycles. The maximum atomic E-state index is 11.9. The molecule has 0 bridgehead atoms. The van der Waals surface area contributed by atoms with Gasteiger partial charge in [0.2, 0.25) is 0 Å². The van der Waals surface area contributed by atoms with E-state index in [1.807, 2.05) is 18.2 Å². The standard InChI is InChI=1S/C22H21N5O2/c1-2-29-21(28)16-8-5-7-15(12-16)18-10-11-20(25-14-18)27-22(24)26-19-9-4-3-6-17(19)13-23/h3-12,14,22,26H,2,24H2,1H3,(H,25,27). The number of aromatic nitrogens is 1. The summed E-state index contributed by atoms with van der Waals surface area (Å²) in [7, 11) is 0. The van der Waals surface area contributed by atoms with E-state index in [1.165, 1.54) is 0 Å². The number of para-hydroxylation sites is 1. The minimum atomic E-state index is -0.630. The third kappa shape index (κ3) is 5.09. The molecule has 0 saturated carbocycles. The Hall–Kier alpha value is -3.89. The maximum Gasteiger partial charge on any atom is 0.338 e. The zero-order valence-corrected chi connectivity index (χ0v) is 15.9. The van der Waals surface area contributed by atoms with Crippen LogP contribution < -0.4 is 16.4 Å². The topological polar surface area (TPSA) is 113 Å². The summed E-state index contributed by atoms with van der Waals surface area (Å²) in [5.41, 5.74) is 9.43. The number of anilines is 2. The predicted molar refractivity (Wildman–Crippen MR) is 112 cm³/mol. The average molecular weight is 387 g/mol. The van der Waals surface area contributed by atoms with E-state index in [4.69, 9.17) is 15.7 Å². The van der Waals surface area contributed by atoms with Crippen molar-refractivity contribution < 1.29 is 9.53 Å². The summed E-state index contributed by atoms with van der Waals surface area (Å²) in [6, 6.07) is 20.1. The van der Waals surface area contributed by atoms with Crippen LogP contribution in [-0.2, 0) is 4.74 Å². The van der Waals surface area contributed by atoms with Crippen molar-refractivity contribution in [2.24, 2.45) is 5.73 Å². The summed E-state index contributed by atoms with van der Waals surface area (Å²) in [6.45, 7) is 2.11. The highest BCUT2D eigenvalue weighted by atomic mass is 16.5. The van der Waals surface area contributed by atoms with Crippen LogP contribution in [0, 0.1) is 11.3 Å².